The molecule has 0 aliphatic carbocycles. The molecule has 0 fully saturated rings. The van der Waals surface area contributed by atoms with E-state index >= 15 is 0 Å². The standard InChI is InChI=1S/C29H38Cl2N8O3/c1-3-5-11-23(22-10-6-7-13-25(22)42-4-2)36-27(40)24(12-8-9-14-34-29(32)33)37-28(41)26-35-18-39(38-26)21-16-19(30)15-20(31)17-21/h6-7,10,13,15-18,23-24H,3-5,8-9,11-12,14H2,1-2H3,(H,36,40)(H,37,41)(H4,32,33,34). The van der Waals surface area contributed by atoms with Crippen LogP contribution in [0.4, 0.5) is 0 Å². The summed E-state index contributed by atoms with van der Waals surface area (Å²) in [6, 6.07) is 11.4. The minimum Gasteiger partial charge on any atom is -0.494 e. The largest absolute Gasteiger partial charge is 0.494 e. The summed E-state index contributed by atoms with van der Waals surface area (Å²) in [6.07, 6.45) is 5.53. The molecule has 0 bridgehead atoms. The Morgan fingerprint density at radius 2 is 1.76 bits per heavy atom. The second-order valence-electron chi connectivity index (χ2n) is 9.64. The van der Waals surface area contributed by atoms with Gasteiger partial charge in [0.15, 0.2) is 5.96 Å². The third-order valence-electron chi connectivity index (χ3n) is 6.38. The van der Waals surface area contributed by atoms with Crippen LogP contribution in [0.25, 0.3) is 5.69 Å². The number of benzene rings is 2. The maximum absolute atomic E-state index is 13.7. The summed E-state index contributed by atoms with van der Waals surface area (Å²) >= 11 is 12.2. The number of nitrogens with zero attached hydrogens (tertiary/aromatic N) is 4. The quantitative estimate of drug-likeness (QED) is 0.104. The molecule has 6 N–H and O–H groups in total. The van der Waals surface area contributed by atoms with Crippen molar-refractivity contribution in [2.45, 2.75) is 64.5 Å². The van der Waals surface area contributed by atoms with Gasteiger partial charge < -0.3 is 26.8 Å². The molecular weight excluding hydrogens is 579 g/mol. The van der Waals surface area contributed by atoms with E-state index in [9.17, 15) is 9.59 Å². The molecule has 0 saturated carbocycles. The molecule has 1 aromatic heterocycles. The number of nitrogens with two attached hydrogens (primary N) is 2. The first-order chi connectivity index (χ1) is 20.2. The monoisotopic (exact) mass is 616 g/mol. The number of guanidine groups is 1. The summed E-state index contributed by atoms with van der Waals surface area (Å²) in [5.74, 6) is -0.291. The topological polar surface area (TPSA) is 163 Å². The highest BCUT2D eigenvalue weighted by atomic mass is 35.5. The van der Waals surface area contributed by atoms with E-state index < -0.39 is 11.9 Å². The molecule has 1 heterocycles. The number of aromatic nitrogens is 3. The summed E-state index contributed by atoms with van der Waals surface area (Å²) in [4.78, 5) is 35.0. The van der Waals surface area contributed by atoms with Gasteiger partial charge in [-0.2, -0.15) is 0 Å². The first-order valence-corrected chi connectivity index (χ1v) is 14.7. The first kappa shape index (κ1) is 32.7. The molecule has 11 nitrogen and oxygen atoms in total. The summed E-state index contributed by atoms with van der Waals surface area (Å²) in [5.41, 5.74) is 12.3. The first-order valence-electron chi connectivity index (χ1n) is 14.0. The molecule has 3 aromatic rings. The van der Waals surface area contributed by atoms with E-state index in [1.54, 1.807) is 18.2 Å². The number of aliphatic imine (C=N–C) groups is 1. The molecule has 13 heteroatoms. The van der Waals surface area contributed by atoms with Gasteiger partial charge in [-0.15, -0.1) is 5.10 Å². The van der Waals surface area contributed by atoms with Crippen LogP contribution in [0.1, 0.15) is 74.6 Å². The molecule has 2 atom stereocenters. The second-order valence-corrected chi connectivity index (χ2v) is 10.5. The number of carbonyl (C=O) groups is 2. The average Bonchev–Trinajstić information content (AvgIpc) is 3.45. The minimum atomic E-state index is -0.854. The van der Waals surface area contributed by atoms with Gasteiger partial charge >= 0.3 is 0 Å². The van der Waals surface area contributed by atoms with Crippen LogP contribution in [-0.4, -0.2) is 51.7 Å². The number of carbonyl (C=O) groups excluding carboxylic acids is 2. The zero-order valence-corrected chi connectivity index (χ0v) is 25.4. The molecule has 2 amide bonds. The third kappa shape index (κ3) is 9.92. The predicted molar refractivity (Wildman–Crippen MR) is 165 cm³/mol. The van der Waals surface area contributed by atoms with Crippen molar-refractivity contribution in [3.8, 4) is 11.4 Å². The van der Waals surface area contributed by atoms with Crippen molar-refractivity contribution in [3.63, 3.8) is 0 Å². The number of ether oxygens (including phenoxy) is 1. The average molecular weight is 618 g/mol. The van der Waals surface area contributed by atoms with E-state index in [1.807, 2.05) is 31.2 Å². The van der Waals surface area contributed by atoms with Gasteiger partial charge in [0.25, 0.3) is 5.91 Å². The van der Waals surface area contributed by atoms with Crippen LogP contribution in [-0.2, 0) is 4.79 Å². The predicted octanol–water partition coefficient (Wildman–Crippen LogP) is 4.56. The Morgan fingerprint density at radius 3 is 2.45 bits per heavy atom. The summed E-state index contributed by atoms with van der Waals surface area (Å²) < 4.78 is 7.23. The Labute approximate surface area is 256 Å². The number of hydrogen-bond donors (Lipinski definition) is 4. The Balaban J connectivity index is 1.80. The van der Waals surface area contributed by atoms with Crippen LogP contribution in [0.15, 0.2) is 53.8 Å². The second kappa shape index (κ2) is 16.6. The molecule has 3 rings (SSSR count). The minimum absolute atomic E-state index is 0.00646. The van der Waals surface area contributed by atoms with Gasteiger partial charge in [0.05, 0.1) is 18.3 Å². The van der Waals surface area contributed by atoms with Crippen molar-refractivity contribution in [1.82, 2.24) is 25.4 Å². The lowest BCUT2D eigenvalue weighted by Gasteiger charge is -2.25. The van der Waals surface area contributed by atoms with E-state index in [1.165, 1.54) is 11.0 Å². The Hall–Kier alpha value is -3.83. The van der Waals surface area contributed by atoms with Gasteiger partial charge in [-0.1, -0.05) is 61.2 Å². The van der Waals surface area contributed by atoms with Gasteiger partial charge in [-0.3, -0.25) is 14.6 Å². The summed E-state index contributed by atoms with van der Waals surface area (Å²) in [5, 5.41) is 11.1. The summed E-state index contributed by atoms with van der Waals surface area (Å²) in [6.45, 7) is 4.93. The van der Waals surface area contributed by atoms with Gasteiger partial charge in [0.2, 0.25) is 11.7 Å². The highest BCUT2D eigenvalue weighted by molar-refractivity contribution is 6.34. The number of halogens is 2. The van der Waals surface area contributed by atoms with Crippen molar-refractivity contribution < 1.29 is 14.3 Å². The third-order valence-corrected chi connectivity index (χ3v) is 6.82. The number of rotatable bonds is 16. The van der Waals surface area contributed by atoms with Crippen molar-refractivity contribution in [2.24, 2.45) is 16.5 Å². The van der Waals surface area contributed by atoms with Gasteiger partial charge in [-0.25, -0.2) is 9.67 Å². The van der Waals surface area contributed by atoms with Crippen LogP contribution in [0.3, 0.4) is 0 Å². The molecule has 0 radical (unpaired) electrons. The molecular formula is C29H38Cl2N8O3. The number of hydrogen-bond acceptors (Lipinski definition) is 6. The molecule has 42 heavy (non-hydrogen) atoms. The van der Waals surface area contributed by atoms with Crippen molar-refractivity contribution in [3.05, 3.63) is 70.2 Å². The Bertz CT molecular complexity index is 1340. The zero-order chi connectivity index (χ0) is 30.5. The van der Waals surface area contributed by atoms with Crippen LogP contribution >= 0.6 is 23.2 Å². The number of nitrogens with one attached hydrogen (secondary N) is 2. The van der Waals surface area contributed by atoms with E-state index in [4.69, 9.17) is 39.4 Å². The van der Waals surface area contributed by atoms with Gasteiger partial charge in [0, 0.05) is 22.2 Å². The maximum atomic E-state index is 13.7. The number of para-hydroxylation sites is 1. The van der Waals surface area contributed by atoms with E-state index in [-0.39, 0.29) is 23.7 Å². The van der Waals surface area contributed by atoms with E-state index in [0.29, 0.717) is 54.6 Å². The van der Waals surface area contributed by atoms with Crippen LogP contribution in [0.2, 0.25) is 10.0 Å². The molecule has 226 valence electrons. The van der Waals surface area contributed by atoms with Crippen LogP contribution < -0.4 is 26.8 Å². The van der Waals surface area contributed by atoms with Crippen molar-refractivity contribution in [1.29, 1.82) is 0 Å². The lowest BCUT2D eigenvalue weighted by molar-refractivity contribution is -0.124. The molecule has 2 unspecified atom stereocenters. The smallest absolute Gasteiger partial charge is 0.291 e. The fourth-order valence-corrected chi connectivity index (χ4v) is 4.88. The highest BCUT2D eigenvalue weighted by Crippen LogP contribution is 2.29. The van der Waals surface area contributed by atoms with E-state index in [0.717, 1.165) is 24.2 Å². The van der Waals surface area contributed by atoms with Gasteiger partial charge in [0.1, 0.15) is 18.1 Å². The van der Waals surface area contributed by atoms with E-state index in [2.05, 4.69) is 32.6 Å². The molecule has 0 spiro atoms. The normalized spacial score (nSPS) is 12.3. The van der Waals surface area contributed by atoms with Gasteiger partial charge in [-0.05, 0) is 56.9 Å². The lowest BCUT2D eigenvalue weighted by atomic mass is 9.99. The maximum Gasteiger partial charge on any atom is 0.291 e. The van der Waals surface area contributed by atoms with Crippen LogP contribution in [0.5, 0.6) is 5.75 Å². The Kier molecular flexibility index (Phi) is 12.9. The zero-order valence-electron chi connectivity index (χ0n) is 23.9. The fraction of sp³-hybridized carbons (Fsp3) is 0.414. The Morgan fingerprint density at radius 1 is 1.02 bits per heavy atom. The van der Waals surface area contributed by atoms with Crippen molar-refractivity contribution in [2.75, 3.05) is 13.2 Å². The fourth-order valence-electron chi connectivity index (χ4n) is 4.36. The molecule has 0 saturated heterocycles. The van der Waals surface area contributed by atoms with Crippen LogP contribution in [0, 0.1) is 0 Å². The molecule has 2 aromatic carbocycles. The summed E-state index contributed by atoms with van der Waals surface area (Å²) in [7, 11) is 0. The number of amides is 2. The van der Waals surface area contributed by atoms with Crippen molar-refractivity contribution >= 4 is 41.0 Å². The SMILES string of the molecule is CCCCC(NC(=O)C(CCCCN=C(N)N)NC(=O)c1ncn(-c2cc(Cl)cc(Cl)c2)n1)c1ccccc1OCC. The highest BCUT2D eigenvalue weighted by Gasteiger charge is 2.27. The number of unbranched alkanes of at least 4 members (excludes halogenated alkanes) is 2. The molecule has 0 aliphatic rings. The molecule has 0 aliphatic heterocycles. The lowest BCUT2D eigenvalue weighted by Crippen LogP contribution is -2.48.